The van der Waals surface area contributed by atoms with Crippen LogP contribution in [0.2, 0.25) is 0 Å². The Labute approximate surface area is 93.0 Å². The lowest BCUT2D eigenvalue weighted by Crippen LogP contribution is -2.30. The first-order valence-corrected chi connectivity index (χ1v) is 5.92. The van der Waals surface area contributed by atoms with Crippen LogP contribution in [0.4, 0.5) is 0 Å². The van der Waals surface area contributed by atoms with Crippen molar-refractivity contribution in [3.05, 3.63) is 34.5 Å². The monoisotopic (exact) mass is 222 g/mol. The lowest BCUT2D eigenvalue weighted by molar-refractivity contribution is -0.123. The highest BCUT2D eigenvalue weighted by molar-refractivity contribution is 7.07. The van der Waals surface area contributed by atoms with Crippen LogP contribution in [0.3, 0.4) is 0 Å². The molecule has 0 spiro atoms. The maximum atomic E-state index is 11.7. The molecule has 1 heterocycles. The highest BCUT2D eigenvalue weighted by Gasteiger charge is 2.22. The molecule has 1 aromatic rings. The summed E-state index contributed by atoms with van der Waals surface area (Å²) in [4.78, 5) is 11.7. The second-order valence-electron chi connectivity index (χ2n) is 3.74. The van der Waals surface area contributed by atoms with Gasteiger partial charge in [0.1, 0.15) is 0 Å². The van der Waals surface area contributed by atoms with Gasteiger partial charge in [-0.05, 0) is 28.8 Å². The summed E-state index contributed by atoms with van der Waals surface area (Å²) in [6, 6.07) is 2.06. The molecule has 0 saturated carbocycles. The summed E-state index contributed by atoms with van der Waals surface area (Å²) < 4.78 is 0. The molecule has 3 nitrogen and oxygen atoms in total. The number of hydrogen-bond donors (Lipinski definition) is 2. The van der Waals surface area contributed by atoms with Crippen molar-refractivity contribution in [2.24, 2.45) is 11.7 Å². The average molecular weight is 222 g/mol. The molecule has 4 heteroatoms. The van der Waals surface area contributed by atoms with Crippen LogP contribution < -0.4 is 11.1 Å². The standard InChI is InChI=1S/C11H14N2OS/c12-10-2-1-9(5-10)11(14)13-6-8-3-4-15-7-8/h1-4,7,9-10H,5-6,12H2,(H,13,14). The predicted octanol–water partition coefficient (Wildman–Crippen LogP) is 1.27. The van der Waals surface area contributed by atoms with E-state index in [1.807, 2.05) is 29.0 Å². The largest absolute Gasteiger partial charge is 0.351 e. The molecule has 0 fully saturated rings. The minimum Gasteiger partial charge on any atom is -0.351 e. The van der Waals surface area contributed by atoms with Crippen LogP contribution in [0.1, 0.15) is 12.0 Å². The molecular weight excluding hydrogens is 208 g/mol. The van der Waals surface area contributed by atoms with E-state index in [-0.39, 0.29) is 17.9 Å². The van der Waals surface area contributed by atoms with Gasteiger partial charge in [-0.25, -0.2) is 0 Å². The van der Waals surface area contributed by atoms with Gasteiger partial charge in [0.15, 0.2) is 0 Å². The topological polar surface area (TPSA) is 55.1 Å². The molecule has 0 aromatic carbocycles. The van der Waals surface area contributed by atoms with E-state index in [0.717, 1.165) is 12.0 Å². The lowest BCUT2D eigenvalue weighted by Gasteiger charge is -2.09. The molecule has 80 valence electrons. The Hall–Kier alpha value is -1.13. The molecule has 2 rings (SSSR count). The van der Waals surface area contributed by atoms with Gasteiger partial charge in [0.2, 0.25) is 5.91 Å². The van der Waals surface area contributed by atoms with E-state index in [1.54, 1.807) is 11.3 Å². The van der Waals surface area contributed by atoms with E-state index < -0.39 is 0 Å². The van der Waals surface area contributed by atoms with E-state index in [4.69, 9.17) is 5.73 Å². The quantitative estimate of drug-likeness (QED) is 0.757. The summed E-state index contributed by atoms with van der Waals surface area (Å²) in [6.45, 7) is 0.613. The summed E-state index contributed by atoms with van der Waals surface area (Å²) in [7, 11) is 0. The van der Waals surface area contributed by atoms with Gasteiger partial charge in [0.25, 0.3) is 0 Å². The molecule has 0 saturated heterocycles. The van der Waals surface area contributed by atoms with E-state index in [2.05, 4.69) is 5.32 Å². The van der Waals surface area contributed by atoms with Crippen molar-refractivity contribution in [2.75, 3.05) is 0 Å². The molecule has 1 aliphatic carbocycles. The first kappa shape index (κ1) is 10.4. The Morgan fingerprint density at radius 1 is 1.60 bits per heavy atom. The van der Waals surface area contributed by atoms with Gasteiger partial charge in [-0.2, -0.15) is 11.3 Å². The Balaban J connectivity index is 1.81. The van der Waals surface area contributed by atoms with Gasteiger partial charge >= 0.3 is 0 Å². The zero-order valence-corrected chi connectivity index (χ0v) is 9.17. The zero-order chi connectivity index (χ0) is 10.7. The van der Waals surface area contributed by atoms with Gasteiger partial charge in [-0.3, -0.25) is 4.79 Å². The average Bonchev–Trinajstić information content (AvgIpc) is 2.84. The zero-order valence-electron chi connectivity index (χ0n) is 8.35. The second kappa shape index (κ2) is 4.59. The maximum absolute atomic E-state index is 11.7. The fraction of sp³-hybridized carbons (Fsp3) is 0.364. The van der Waals surface area contributed by atoms with Crippen LogP contribution in [0.5, 0.6) is 0 Å². The Bertz CT molecular complexity index is 359. The molecule has 1 aromatic heterocycles. The van der Waals surface area contributed by atoms with E-state index in [0.29, 0.717) is 6.54 Å². The van der Waals surface area contributed by atoms with Crippen molar-refractivity contribution < 1.29 is 4.79 Å². The summed E-state index contributed by atoms with van der Waals surface area (Å²) in [5.41, 5.74) is 6.84. The fourth-order valence-corrected chi connectivity index (χ4v) is 2.30. The highest BCUT2D eigenvalue weighted by atomic mass is 32.1. The van der Waals surface area contributed by atoms with Crippen molar-refractivity contribution >= 4 is 17.2 Å². The molecule has 15 heavy (non-hydrogen) atoms. The number of nitrogens with two attached hydrogens (primary N) is 1. The van der Waals surface area contributed by atoms with Crippen molar-refractivity contribution in [3.63, 3.8) is 0 Å². The lowest BCUT2D eigenvalue weighted by atomic mass is 10.1. The molecule has 1 amide bonds. The summed E-state index contributed by atoms with van der Waals surface area (Å²) in [5.74, 6) is 0.0315. The van der Waals surface area contributed by atoms with Crippen molar-refractivity contribution in [1.29, 1.82) is 0 Å². The van der Waals surface area contributed by atoms with Crippen LogP contribution in [-0.2, 0) is 11.3 Å². The predicted molar refractivity (Wildman–Crippen MR) is 61.4 cm³/mol. The number of carbonyl (C=O) groups excluding carboxylic acids is 1. The van der Waals surface area contributed by atoms with Crippen molar-refractivity contribution in [2.45, 2.75) is 19.0 Å². The van der Waals surface area contributed by atoms with Gasteiger partial charge < -0.3 is 11.1 Å². The third-order valence-electron chi connectivity index (χ3n) is 2.50. The SMILES string of the molecule is NC1C=CC(C(=O)NCc2ccsc2)C1. The first-order chi connectivity index (χ1) is 7.25. The van der Waals surface area contributed by atoms with Crippen LogP contribution in [0.25, 0.3) is 0 Å². The molecule has 2 unspecified atom stereocenters. The molecule has 1 aliphatic rings. The van der Waals surface area contributed by atoms with Gasteiger partial charge in [0.05, 0.1) is 5.92 Å². The van der Waals surface area contributed by atoms with Gasteiger partial charge in [-0.1, -0.05) is 12.2 Å². The van der Waals surface area contributed by atoms with Gasteiger partial charge in [-0.15, -0.1) is 0 Å². The number of rotatable bonds is 3. The summed E-state index contributed by atoms with van der Waals surface area (Å²) >= 11 is 1.64. The van der Waals surface area contributed by atoms with E-state index >= 15 is 0 Å². The number of amides is 1. The second-order valence-corrected chi connectivity index (χ2v) is 4.52. The first-order valence-electron chi connectivity index (χ1n) is 4.98. The number of hydrogen-bond acceptors (Lipinski definition) is 3. The van der Waals surface area contributed by atoms with Crippen LogP contribution in [0.15, 0.2) is 29.0 Å². The molecule has 0 radical (unpaired) electrons. The van der Waals surface area contributed by atoms with Crippen molar-refractivity contribution in [1.82, 2.24) is 5.32 Å². The number of thiophene rings is 1. The van der Waals surface area contributed by atoms with Crippen LogP contribution >= 0.6 is 11.3 Å². The highest BCUT2D eigenvalue weighted by Crippen LogP contribution is 2.16. The minimum absolute atomic E-state index is 0.0429. The summed E-state index contributed by atoms with van der Waals surface area (Å²) in [6.07, 6.45) is 4.53. The normalized spacial score (nSPS) is 24.3. The Morgan fingerprint density at radius 3 is 3.07 bits per heavy atom. The van der Waals surface area contributed by atoms with E-state index in [9.17, 15) is 4.79 Å². The molecular formula is C11H14N2OS. The summed E-state index contributed by atoms with van der Waals surface area (Å²) in [5, 5.41) is 6.95. The third-order valence-corrected chi connectivity index (χ3v) is 3.23. The minimum atomic E-state index is -0.0429. The van der Waals surface area contributed by atoms with Crippen LogP contribution in [0, 0.1) is 5.92 Å². The number of nitrogens with one attached hydrogen (secondary N) is 1. The van der Waals surface area contributed by atoms with Crippen molar-refractivity contribution in [3.8, 4) is 0 Å². The molecule has 3 N–H and O–H groups in total. The maximum Gasteiger partial charge on any atom is 0.227 e. The van der Waals surface area contributed by atoms with Crippen LogP contribution in [-0.4, -0.2) is 11.9 Å². The molecule has 0 aliphatic heterocycles. The Kier molecular flexibility index (Phi) is 3.18. The third kappa shape index (κ3) is 2.67. The molecule has 2 atom stereocenters. The van der Waals surface area contributed by atoms with Gasteiger partial charge in [0, 0.05) is 12.6 Å². The van der Waals surface area contributed by atoms with E-state index in [1.165, 1.54) is 0 Å². The fourth-order valence-electron chi connectivity index (χ4n) is 1.64. The number of carbonyl (C=O) groups is 1. The molecule has 0 bridgehead atoms. The smallest absolute Gasteiger partial charge is 0.227 e. The Morgan fingerprint density at radius 2 is 2.47 bits per heavy atom.